The molecule has 8 nitrogen and oxygen atoms in total. The monoisotopic (exact) mass is 451 g/mol. The van der Waals surface area contributed by atoms with Crippen LogP contribution >= 0.6 is 0 Å². The number of benzene rings is 2. The fourth-order valence-corrected chi connectivity index (χ4v) is 3.99. The molecule has 174 valence electrons. The molecule has 0 radical (unpaired) electrons. The summed E-state index contributed by atoms with van der Waals surface area (Å²) >= 11 is 0. The fraction of sp³-hybridized carbons (Fsp3) is 0.360. The summed E-state index contributed by atoms with van der Waals surface area (Å²) in [5, 5.41) is 2.68. The van der Waals surface area contributed by atoms with Gasteiger partial charge in [-0.25, -0.2) is 0 Å². The molecule has 2 aromatic carbocycles. The highest BCUT2D eigenvalue weighted by Gasteiger charge is 2.44. The normalized spacial score (nSPS) is 14.8. The van der Waals surface area contributed by atoms with Crippen LogP contribution in [-0.4, -0.2) is 67.3 Å². The zero-order chi connectivity index (χ0) is 24.0. The summed E-state index contributed by atoms with van der Waals surface area (Å²) in [6.07, 6.45) is 0.858. The first-order valence-corrected chi connectivity index (χ1v) is 10.8. The van der Waals surface area contributed by atoms with E-state index < -0.39 is 23.9 Å². The predicted octanol–water partition coefficient (Wildman–Crippen LogP) is 2.45. The molecule has 0 aromatic heterocycles. The first-order chi connectivity index (χ1) is 15.7. The Morgan fingerprint density at radius 2 is 1.58 bits per heavy atom. The van der Waals surface area contributed by atoms with E-state index in [0.29, 0.717) is 37.2 Å². The second-order valence-corrected chi connectivity index (χ2v) is 8.36. The lowest BCUT2D eigenvalue weighted by Gasteiger charge is -2.40. The van der Waals surface area contributed by atoms with Crippen LogP contribution in [0, 0.1) is 0 Å². The summed E-state index contributed by atoms with van der Waals surface area (Å²) in [5.74, 6) is -1.11. The van der Waals surface area contributed by atoms with Gasteiger partial charge in [-0.15, -0.1) is 0 Å². The average molecular weight is 452 g/mol. The van der Waals surface area contributed by atoms with Gasteiger partial charge >= 0.3 is 5.97 Å². The van der Waals surface area contributed by atoms with Crippen LogP contribution in [0.4, 0.5) is 5.69 Å². The van der Waals surface area contributed by atoms with Crippen molar-refractivity contribution in [3.05, 3.63) is 65.7 Å². The Hall–Kier alpha value is -3.68. The van der Waals surface area contributed by atoms with Gasteiger partial charge in [-0.05, 0) is 42.7 Å². The maximum absolute atomic E-state index is 13.2. The molecule has 33 heavy (non-hydrogen) atoms. The number of hydrogen-bond donors (Lipinski definition) is 1. The van der Waals surface area contributed by atoms with Crippen LogP contribution in [0.15, 0.2) is 54.6 Å². The minimum absolute atomic E-state index is 0.0253. The summed E-state index contributed by atoms with van der Waals surface area (Å²) in [6, 6.07) is 15.8. The molecule has 2 aromatic rings. The van der Waals surface area contributed by atoms with Crippen molar-refractivity contribution in [2.45, 2.75) is 25.2 Å². The Kier molecular flexibility index (Phi) is 7.48. The minimum Gasteiger partial charge on any atom is -0.455 e. The standard InChI is InChI=1S/C25H29N3O5/c1-18(29)28-15-13-25(14-16-28,20-7-5-4-6-8-20)24(32)33-17-22(30)26-21-11-9-19(10-12-21)23(31)27(2)3/h4-12H,13-17H2,1-3H3,(H,26,30). The Labute approximate surface area is 193 Å². The van der Waals surface area contributed by atoms with Gasteiger partial charge in [-0.3, -0.25) is 19.2 Å². The van der Waals surface area contributed by atoms with Crippen molar-refractivity contribution in [3.63, 3.8) is 0 Å². The van der Waals surface area contributed by atoms with Gasteiger partial charge < -0.3 is 19.9 Å². The zero-order valence-electron chi connectivity index (χ0n) is 19.2. The lowest BCUT2D eigenvalue weighted by atomic mass is 9.72. The molecule has 0 bridgehead atoms. The molecule has 0 saturated carbocycles. The second-order valence-electron chi connectivity index (χ2n) is 8.36. The first kappa shape index (κ1) is 24.0. The molecule has 1 fully saturated rings. The molecule has 8 heteroatoms. The number of piperidine rings is 1. The van der Waals surface area contributed by atoms with Crippen LogP contribution in [0.5, 0.6) is 0 Å². The maximum atomic E-state index is 13.2. The number of likely N-dealkylation sites (tertiary alicyclic amines) is 1. The van der Waals surface area contributed by atoms with Crippen LogP contribution < -0.4 is 5.32 Å². The van der Waals surface area contributed by atoms with Crippen molar-refractivity contribution in [2.75, 3.05) is 39.1 Å². The van der Waals surface area contributed by atoms with Crippen molar-refractivity contribution in [2.24, 2.45) is 0 Å². The van der Waals surface area contributed by atoms with Crippen molar-refractivity contribution in [1.82, 2.24) is 9.80 Å². The van der Waals surface area contributed by atoms with Gasteiger partial charge in [0.15, 0.2) is 6.61 Å². The summed E-state index contributed by atoms with van der Waals surface area (Å²) in [7, 11) is 3.33. The van der Waals surface area contributed by atoms with E-state index in [0.717, 1.165) is 5.56 Å². The van der Waals surface area contributed by atoms with Crippen LogP contribution in [-0.2, 0) is 24.5 Å². The highest BCUT2D eigenvalue weighted by atomic mass is 16.5. The Morgan fingerprint density at radius 1 is 0.970 bits per heavy atom. The molecular weight excluding hydrogens is 422 g/mol. The summed E-state index contributed by atoms with van der Waals surface area (Å²) in [5.41, 5.74) is 0.923. The zero-order valence-corrected chi connectivity index (χ0v) is 19.2. The van der Waals surface area contributed by atoms with E-state index in [4.69, 9.17) is 4.74 Å². The molecular formula is C25H29N3O5. The van der Waals surface area contributed by atoms with E-state index in [1.54, 1.807) is 43.3 Å². The molecule has 0 aliphatic carbocycles. The molecule has 1 N–H and O–H groups in total. The largest absolute Gasteiger partial charge is 0.455 e. The number of nitrogens with one attached hydrogen (secondary N) is 1. The van der Waals surface area contributed by atoms with E-state index in [9.17, 15) is 19.2 Å². The molecule has 3 amide bonds. The van der Waals surface area contributed by atoms with E-state index in [1.165, 1.54) is 11.8 Å². The van der Waals surface area contributed by atoms with Crippen LogP contribution in [0.3, 0.4) is 0 Å². The number of nitrogens with zero attached hydrogens (tertiary/aromatic N) is 2. The van der Waals surface area contributed by atoms with Crippen molar-refractivity contribution < 1.29 is 23.9 Å². The van der Waals surface area contributed by atoms with E-state index >= 15 is 0 Å². The molecule has 0 atom stereocenters. The van der Waals surface area contributed by atoms with E-state index in [-0.39, 0.29) is 11.8 Å². The molecule has 1 aliphatic rings. The summed E-state index contributed by atoms with van der Waals surface area (Å²) in [4.78, 5) is 52.5. The molecule has 3 rings (SSSR count). The molecule has 0 spiro atoms. The van der Waals surface area contributed by atoms with Gasteiger partial charge in [0.1, 0.15) is 0 Å². The van der Waals surface area contributed by atoms with Crippen molar-refractivity contribution >= 4 is 29.4 Å². The molecule has 1 saturated heterocycles. The SMILES string of the molecule is CC(=O)N1CCC(C(=O)OCC(=O)Nc2ccc(C(=O)N(C)C)cc2)(c2ccccc2)CC1. The number of anilines is 1. The van der Waals surface area contributed by atoms with Gasteiger partial charge in [0.05, 0.1) is 5.41 Å². The number of ether oxygens (including phenoxy) is 1. The lowest BCUT2D eigenvalue weighted by molar-refractivity contribution is -0.156. The number of rotatable bonds is 6. The maximum Gasteiger partial charge on any atom is 0.317 e. The molecule has 0 unspecified atom stereocenters. The van der Waals surface area contributed by atoms with Crippen LogP contribution in [0.1, 0.15) is 35.7 Å². The van der Waals surface area contributed by atoms with Crippen LogP contribution in [0.2, 0.25) is 0 Å². The number of carbonyl (C=O) groups excluding carboxylic acids is 4. The van der Waals surface area contributed by atoms with Gasteiger partial charge in [0.25, 0.3) is 11.8 Å². The number of amides is 3. The van der Waals surface area contributed by atoms with Gasteiger partial charge in [0, 0.05) is 45.4 Å². The number of esters is 1. The molecule has 1 heterocycles. The van der Waals surface area contributed by atoms with E-state index in [1.807, 2.05) is 30.3 Å². The Bertz CT molecular complexity index is 1010. The smallest absolute Gasteiger partial charge is 0.317 e. The summed E-state index contributed by atoms with van der Waals surface area (Å²) < 4.78 is 5.45. The second kappa shape index (κ2) is 10.3. The minimum atomic E-state index is -0.901. The van der Waals surface area contributed by atoms with Gasteiger partial charge in [-0.2, -0.15) is 0 Å². The third-order valence-electron chi connectivity index (χ3n) is 5.94. The Morgan fingerprint density at radius 3 is 2.12 bits per heavy atom. The third-order valence-corrected chi connectivity index (χ3v) is 5.94. The van der Waals surface area contributed by atoms with Gasteiger partial charge in [-0.1, -0.05) is 30.3 Å². The quantitative estimate of drug-likeness (QED) is 0.681. The van der Waals surface area contributed by atoms with E-state index in [2.05, 4.69) is 5.32 Å². The average Bonchev–Trinajstić information content (AvgIpc) is 2.83. The van der Waals surface area contributed by atoms with Gasteiger partial charge in [0.2, 0.25) is 5.91 Å². The van der Waals surface area contributed by atoms with Crippen molar-refractivity contribution in [3.8, 4) is 0 Å². The highest BCUT2D eigenvalue weighted by molar-refractivity contribution is 5.96. The first-order valence-electron chi connectivity index (χ1n) is 10.8. The molecule has 1 aliphatic heterocycles. The predicted molar refractivity (Wildman–Crippen MR) is 124 cm³/mol. The Balaban J connectivity index is 1.64. The third kappa shape index (κ3) is 5.58. The fourth-order valence-electron chi connectivity index (χ4n) is 3.99. The number of hydrogen-bond acceptors (Lipinski definition) is 5. The lowest BCUT2D eigenvalue weighted by Crippen LogP contribution is -2.49. The van der Waals surface area contributed by atoms with Crippen LogP contribution in [0.25, 0.3) is 0 Å². The topological polar surface area (TPSA) is 96.0 Å². The van der Waals surface area contributed by atoms with Crippen molar-refractivity contribution in [1.29, 1.82) is 0 Å². The summed E-state index contributed by atoms with van der Waals surface area (Å²) in [6.45, 7) is 1.98. The highest BCUT2D eigenvalue weighted by Crippen LogP contribution is 2.37. The number of carbonyl (C=O) groups is 4.